The maximum atomic E-state index is 13.0. The highest BCUT2D eigenvalue weighted by Gasteiger charge is 2.18. The molecule has 1 amide bonds. The van der Waals surface area contributed by atoms with Gasteiger partial charge in [0.2, 0.25) is 5.91 Å². The number of aromatic nitrogens is 2. The molecule has 3 aromatic heterocycles. The van der Waals surface area contributed by atoms with Crippen LogP contribution < -0.4 is 10.9 Å². The highest BCUT2D eigenvalue weighted by atomic mass is 32.2. The van der Waals surface area contributed by atoms with Crippen molar-refractivity contribution in [1.29, 1.82) is 0 Å². The molecule has 6 nitrogen and oxygen atoms in total. The third-order valence-electron chi connectivity index (χ3n) is 3.54. The normalized spacial score (nSPS) is 11.4. The molecule has 3 aromatic rings. The van der Waals surface area contributed by atoms with E-state index in [0.29, 0.717) is 27.7 Å². The molecule has 0 aliphatic heterocycles. The number of nitrogens with zero attached hydrogens (tertiary/aromatic N) is 2. The lowest BCUT2D eigenvalue weighted by atomic mass is 10.2. The number of fused-ring (bicyclic) bond motifs is 1. The Bertz CT molecular complexity index is 942. The minimum atomic E-state index is -0.105. The van der Waals surface area contributed by atoms with Gasteiger partial charge in [-0.2, -0.15) is 0 Å². The molecule has 3 heterocycles. The number of furan rings is 1. The summed E-state index contributed by atoms with van der Waals surface area (Å²) in [6.45, 7) is 6.21. The van der Waals surface area contributed by atoms with Gasteiger partial charge in [-0.1, -0.05) is 11.8 Å². The quantitative estimate of drug-likeness (QED) is 0.526. The third kappa shape index (κ3) is 3.64. The molecule has 0 bridgehead atoms. The number of hydrogen-bond donors (Lipinski definition) is 1. The predicted molar refractivity (Wildman–Crippen MR) is 101 cm³/mol. The Labute approximate surface area is 153 Å². The molecule has 132 valence electrons. The second kappa shape index (κ2) is 7.45. The topological polar surface area (TPSA) is 77.1 Å². The lowest BCUT2D eigenvalue weighted by Crippen LogP contribution is -2.32. The van der Waals surface area contributed by atoms with Gasteiger partial charge in [-0.15, -0.1) is 11.3 Å². The summed E-state index contributed by atoms with van der Waals surface area (Å²) in [6, 6.07) is 3.71. The van der Waals surface area contributed by atoms with Crippen LogP contribution in [-0.2, 0) is 11.3 Å². The van der Waals surface area contributed by atoms with E-state index in [0.717, 1.165) is 5.56 Å². The molecule has 0 spiro atoms. The average Bonchev–Trinajstić information content (AvgIpc) is 3.21. The summed E-state index contributed by atoms with van der Waals surface area (Å²) in [5.74, 6) is 0.816. The Balaban J connectivity index is 1.98. The fraction of sp³-hybridized carbons (Fsp3) is 0.353. The number of rotatable bonds is 6. The molecule has 8 heteroatoms. The van der Waals surface area contributed by atoms with Crippen LogP contribution in [0, 0.1) is 0 Å². The average molecular weight is 377 g/mol. The monoisotopic (exact) mass is 377 g/mol. The Hall–Kier alpha value is -2.06. The van der Waals surface area contributed by atoms with Crippen LogP contribution in [0.4, 0.5) is 0 Å². The van der Waals surface area contributed by atoms with E-state index in [1.165, 1.54) is 23.1 Å². The molecule has 0 aromatic carbocycles. The first-order valence-electron chi connectivity index (χ1n) is 7.99. The Morgan fingerprint density at radius 1 is 1.48 bits per heavy atom. The van der Waals surface area contributed by atoms with Crippen LogP contribution >= 0.6 is 23.1 Å². The second-order valence-electron chi connectivity index (χ2n) is 5.76. The third-order valence-corrected chi connectivity index (χ3v) is 5.39. The molecule has 0 unspecified atom stereocenters. The van der Waals surface area contributed by atoms with Gasteiger partial charge < -0.3 is 9.73 Å². The first kappa shape index (κ1) is 17.8. The second-order valence-corrected chi connectivity index (χ2v) is 7.56. The van der Waals surface area contributed by atoms with E-state index in [9.17, 15) is 9.59 Å². The van der Waals surface area contributed by atoms with Crippen molar-refractivity contribution in [1.82, 2.24) is 14.9 Å². The highest BCUT2D eigenvalue weighted by molar-refractivity contribution is 7.99. The molecule has 0 aliphatic carbocycles. The van der Waals surface area contributed by atoms with E-state index in [1.807, 2.05) is 32.2 Å². The van der Waals surface area contributed by atoms with Gasteiger partial charge in [0, 0.05) is 23.5 Å². The SMILES string of the molecule is CCn1c(SCC(=O)NC(C)C)nc2scc(-c3ccco3)c2c1=O. The molecule has 0 radical (unpaired) electrons. The minimum Gasteiger partial charge on any atom is -0.464 e. The van der Waals surface area contributed by atoms with Crippen LogP contribution in [0.15, 0.2) is 38.1 Å². The Morgan fingerprint density at radius 2 is 2.28 bits per heavy atom. The van der Waals surface area contributed by atoms with Gasteiger partial charge in [0.05, 0.1) is 17.4 Å². The van der Waals surface area contributed by atoms with Crippen molar-refractivity contribution in [3.8, 4) is 11.3 Å². The van der Waals surface area contributed by atoms with E-state index in [1.54, 1.807) is 16.9 Å². The van der Waals surface area contributed by atoms with Gasteiger partial charge in [0.1, 0.15) is 10.6 Å². The van der Waals surface area contributed by atoms with Gasteiger partial charge in [-0.25, -0.2) is 4.98 Å². The van der Waals surface area contributed by atoms with E-state index < -0.39 is 0 Å². The van der Waals surface area contributed by atoms with E-state index in [4.69, 9.17) is 4.42 Å². The Kier molecular flexibility index (Phi) is 5.29. The van der Waals surface area contributed by atoms with Crippen molar-refractivity contribution in [3.05, 3.63) is 34.1 Å². The number of carbonyl (C=O) groups is 1. The number of nitrogens with one attached hydrogen (secondary N) is 1. The van der Waals surface area contributed by atoms with Crippen LogP contribution in [0.3, 0.4) is 0 Å². The van der Waals surface area contributed by atoms with E-state index >= 15 is 0 Å². The zero-order valence-corrected chi connectivity index (χ0v) is 15.9. The van der Waals surface area contributed by atoms with Crippen molar-refractivity contribution in [2.24, 2.45) is 0 Å². The highest BCUT2D eigenvalue weighted by Crippen LogP contribution is 2.32. The molecule has 0 fully saturated rings. The minimum absolute atomic E-state index is 0.0700. The largest absolute Gasteiger partial charge is 0.464 e. The van der Waals surface area contributed by atoms with Crippen LogP contribution in [0.5, 0.6) is 0 Å². The van der Waals surface area contributed by atoms with Crippen molar-refractivity contribution in [2.45, 2.75) is 38.5 Å². The number of hydrogen-bond acceptors (Lipinski definition) is 6. The summed E-state index contributed by atoms with van der Waals surface area (Å²) < 4.78 is 7.04. The smallest absolute Gasteiger partial charge is 0.263 e. The van der Waals surface area contributed by atoms with Crippen molar-refractivity contribution >= 4 is 39.2 Å². The number of carbonyl (C=O) groups excluding carboxylic acids is 1. The van der Waals surface area contributed by atoms with Crippen LogP contribution in [0.2, 0.25) is 0 Å². The zero-order valence-electron chi connectivity index (χ0n) is 14.2. The predicted octanol–water partition coefficient (Wildman–Crippen LogP) is 3.35. The van der Waals surface area contributed by atoms with Gasteiger partial charge in [-0.3, -0.25) is 14.2 Å². The summed E-state index contributed by atoms with van der Waals surface area (Å²) in [4.78, 5) is 30.1. The molecule has 0 aliphatic rings. The van der Waals surface area contributed by atoms with E-state index in [-0.39, 0.29) is 23.3 Å². The van der Waals surface area contributed by atoms with Gasteiger partial charge in [-0.05, 0) is 32.9 Å². The van der Waals surface area contributed by atoms with Gasteiger partial charge in [0.15, 0.2) is 5.16 Å². The number of amides is 1. The molecule has 0 atom stereocenters. The van der Waals surface area contributed by atoms with Crippen LogP contribution in [-0.4, -0.2) is 27.3 Å². The summed E-state index contributed by atoms with van der Waals surface area (Å²) in [7, 11) is 0. The first-order valence-corrected chi connectivity index (χ1v) is 9.85. The Morgan fingerprint density at radius 3 is 2.92 bits per heavy atom. The summed E-state index contributed by atoms with van der Waals surface area (Å²) >= 11 is 2.69. The molecule has 25 heavy (non-hydrogen) atoms. The van der Waals surface area contributed by atoms with E-state index in [2.05, 4.69) is 10.3 Å². The lowest BCUT2D eigenvalue weighted by Gasteiger charge is -2.11. The maximum absolute atomic E-state index is 13.0. The standard InChI is InChI=1S/C17H19N3O3S2/c1-4-20-16(22)14-11(12-6-5-7-23-12)8-24-15(14)19-17(20)25-9-13(21)18-10(2)3/h5-8,10H,4,9H2,1-3H3,(H,18,21). The summed E-state index contributed by atoms with van der Waals surface area (Å²) in [5, 5.41) is 5.86. The summed E-state index contributed by atoms with van der Waals surface area (Å²) in [6.07, 6.45) is 1.59. The molecule has 3 rings (SSSR count). The zero-order chi connectivity index (χ0) is 18.0. The molecular formula is C17H19N3O3S2. The van der Waals surface area contributed by atoms with Crippen molar-refractivity contribution < 1.29 is 9.21 Å². The fourth-order valence-corrected chi connectivity index (χ4v) is 4.34. The van der Waals surface area contributed by atoms with Crippen LogP contribution in [0.25, 0.3) is 21.5 Å². The maximum Gasteiger partial charge on any atom is 0.263 e. The van der Waals surface area contributed by atoms with Crippen molar-refractivity contribution in [3.63, 3.8) is 0 Å². The molecule has 0 saturated heterocycles. The number of thiophene rings is 1. The fourth-order valence-electron chi connectivity index (χ4n) is 2.50. The van der Waals surface area contributed by atoms with Crippen molar-refractivity contribution in [2.75, 3.05) is 5.75 Å². The lowest BCUT2D eigenvalue weighted by molar-refractivity contribution is -0.119. The van der Waals surface area contributed by atoms with Gasteiger partial charge >= 0.3 is 0 Å². The molecule has 0 saturated carbocycles. The first-order chi connectivity index (χ1) is 12.0. The number of thioether (sulfide) groups is 1. The molecule has 1 N–H and O–H groups in total. The molecular weight excluding hydrogens is 358 g/mol. The summed E-state index contributed by atoms with van der Waals surface area (Å²) in [5.41, 5.74) is 0.658. The van der Waals surface area contributed by atoms with Gasteiger partial charge in [0.25, 0.3) is 5.56 Å². The van der Waals surface area contributed by atoms with Crippen LogP contribution in [0.1, 0.15) is 20.8 Å².